The Hall–Kier alpha value is -2.46. The van der Waals surface area contributed by atoms with Crippen LogP contribution >= 0.6 is 0 Å². The summed E-state index contributed by atoms with van der Waals surface area (Å²) in [7, 11) is 1.58. The number of hydrogen-bond acceptors (Lipinski definition) is 8. The van der Waals surface area contributed by atoms with Gasteiger partial charge in [-0.25, -0.2) is 0 Å². The first-order valence-corrected chi connectivity index (χ1v) is 9.97. The van der Waals surface area contributed by atoms with Crippen LogP contribution in [0.2, 0.25) is 0 Å². The normalized spacial score (nSPS) is 26.2. The maximum atomic E-state index is 9.99. The number of aliphatic hydroxyl groups is 4. The Morgan fingerprint density at radius 3 is 2.45 bits per heavy atom. The number of ether oxygens (including phenoxy) is 4. The zero-order valence-electron chi connectivity index (χ0n) is 17.2. The summed E-state index contributed by atoms with van der Waals surface area (Å²) in [6, 6.07) is 15.3. The molecule has 1 aliphatic rings. The molecule has 0 aliphatic carbocycles. The second-order valence-electron chi connectivity index (χ2n) is 7.12. The molecule has 8 nitrogen and oxygen atoms in total. The summed E-state index contributed by atoms with van der Waals surface area (Å²) in [5.41, 5.74) is 1.89. The van der Waals surface area contributed by atoms with E-state index in [-0.39, 0.29) is 6.61 Å². The summed E-state index contributed by atoms with van der Waals surface area (Å²) in [5.74, 6) is 1.22. The molecule has 0 bridgehead atoms. The van der Waals surface area contributed by atoms with Crippen LogP contribution in [0, 0.1) is 0 Å². The molecular formula is C23H28O8. The van der Waals surface area contributed by atoms with Gasteiger partial charge in [-0.3, -0.25) is 0 Å². The van der Waals surface area contributed by atoms with Crippen molar-refractivity contribution in [2.45, 2.75) is 37.3 Å². The molecule has 0 aromatic heterocycles. The summed E-state index contributed by atoms with van der Waals surface area (Å²) in [6.45, 7) is -0.0161. The fourth-order valence-electron chi connectivity index (χ4n) is 3.18. The number of hydrogen-bond donors (Lipinski definition) is 4. The van der Waals surface area contributed by atoms with E-state index >= 15 is 0 Å². The van der Waals surface area contributed by atoms with Gasteiger partial charge in [-0.1, -0.05) is 48.6 Å². The van der Waals surface area contributed by atoms with Crippen LogP contribution < -0.4 is 9.47 Å². The second kappa shape index (κ2) is 11.2. The fourth-order valence-corrected chi connectivity index (χ4v) is 3.18. The van der Waals surface area contributed by atoms with Crippen LogP contribution in [0.1, 0.15) is 11.1 Å². The number of methoxy groups -OCH3 is 1. The van der Waals surface area contributed by atoms with Gasteiger partial charge in [0, 0.05) is 0 Å². The molecule has 2 aromatic carbocycles. The second-order valence-corrected chi connectivity index (χ2v) is 7.12. The van der Waals surface area contributed by atoms with Gasteiger partial charge in [-0.15, -0.1) is 0 Å². The van der Waals surface area contributed by atoms with E-state index in [2.05, 4.69) is 0 Å². The Kier molecular flexibility index (Phi) is 8.42. The molecule has 2 aromatic rings. The zero-order chi connectivity index (χ0) is 22.2. The molecule has 0 spiro atoms. The number of benzene rings is 2. The lowest BCUT2D eigenvalue weighted by Gasteiger charge is -2.39. The Morgan fingerprint density at radius 1 is 0.968 bits per heavy atom. The molecule has 3 rings (SSSR count). The molecule has 0 radical (unpaired) electrons. The lowest BCUT2D eigenvalue weighted by atomic mass is 9.99. The number of rotatable bonds is 9. The van der Waals surface area contributed by atoms with Crippen LogP contribution in [0.25, 0.3) is 6.08 Å². The highest BCUT2D eigenvalue weighted by molar-refractivity contribution is 5.56. The average Bonchev–Trinajstić information content (AvgIpc) is 2.81. The highest BCUT2D eigenvalue weighted by Crippen LogP contribution is 2.29. The topological polar surface area (TPSA) is 118 Å². The molecule has 31 heavy (non-hydrogen) atoms. The highest BCUT2D eigenvalue weighted by atomic mass is 16.7. The van der Waals surface area contributed by atoms with E-state index in [4.69, 9.17) is 18.9 Å². The van der Waals surface area contributed by atoms with Gasteiger partial charge in [0.1, 0.15) is 31.0 Å². The summed E-state index contributed by atoms with van der Waals surface area (Å²) in [4.78, 5) is 0. The summed E-state index contributed by atoms with van der Waals surface area (Å²) >= 11 is 0. The minimum Gasteiger partial charge on any atom is -0.493 e. The third-order valence-electron chi connectivity index (χ3n) is 4.94. The zero-order valence-corrected chi connectivity index (χ0v) is 17.2. The monoisotopic (exact) mass is 432 g/mol. The van der Waals surface area contributed by atoms with Crippen molar-refractivity contribution in [2.24, 2.45) is 0 Å². The van der Waals surface area contributed by atoms with Crippen LogP contribution in [0.4, 0.5) is 0 Å². The van der Waals surface area contributed by atoms with Crippen LogP contribution in [-0.2, 0) is 16.1 Å². The van der Waals surface area contributed by atoms with Crippen molar-refractivity contribution >= 4 is 6.08 Å². The molecule has 168 valence electrons. The maximum Gasteiger partial charge on any atom is 0.187 e. The minimum absolute atomic E-state index is 0.0783. The van der Waals surface area contributed by atoms with E-state index in [1.807, 2.05) is 42.5 Å². The number of aliphatic hydroxyl groups excluding tert-OH is 4. The predicted octanol–water partition coefficient (Wildman–Crippen LogP) is 1.10. The average molecular weight is 432 g/mol. The lowest BCUT2D eigenvalue weighted by molar-refractivity contribution is -0.298. The van der Waals surface area contributed by atoms with E-state index in [0.717, 1.165) is 11.1 Å². The van der Waals surface area contributed by atoms with Gasteiger partial charge >= 0.3 is 0 Å². The predicted molar refractivity (Wildman–Crippen MR) is 113 cm³/mol. The van der Waals surface area contributed by atoms with Crippen molar-refractivity contribution in [1.29, 1.82) is 0 Å². The molecule has 1 aliphatic heterocycles. The maximum absolute atomic E-state index is 9.99. The van der Waals surface area contributed by atoms with E-state index in [9.17, 15) is 20.4 Å². The Bertz CT molecular complexity index is 839. The van der Waals surface area contributed by atoms with E-state index in [0.29, 0.717) is 18.1 Å². The Balaban J connectivity index is 1.58. The highest BCUT2D eigenvalue weighted by Gasteiger charge is 2.43. The Morgan fingerprint density at radius 2 is 1.74 bits per heavy atom. The van der Waals surface area contributed by atoms with Gasteiger partial charge in [-0.2, -0.15) is 0 Å². The minimum atomic E-state index is -1.47. The van der Waals surface area contributed by atoms with Gasteiger partial charge in [0.25, 0.3) is 0 Å². The smallest absolute Gasteiger partial charge is 0.187 e. The molecule has 0 amide bonds. The molecule has 0 saturated carbocycles. The van der Waals surface area contributed by atoms with Gasteiger partial charge in [0.15, 0.2) is 17.8 Å². The van der Waals surface area contributed by atoms with Crippen LogP contribution in [0.5, 0.6) is 11.5 Å². The summed E-state index contributed by atoms with van der Waals surface area (Å²) in [6.07, 6.45) is -2.96. The van der Waals surface area contributed by atoms with E-state index in [1.54, 1.807) is 25.3 Å². The fraction of sp³-hybridized carbons (Fsp3) is 0.391. The molecule has 5 atom stereocenters. The van der Waals surface area contributed by atoms with Crippen molar-refractivity contribution in [3.05, 3.63) is 65.7 Å². The third kappa shape index (κ3) is 6.04. The van der Waals surface area contributed by atoms with Crippen LogP contribution in [0.15, 0.2) is 54.6 Å². The summed E-state index contributed by atoms with van der Waals surface area (Å²) in [5, 5.41) is 38.8. The van der Waals surface area contributed by atoms with Crippen molar-refractivity contribution < 1.29 is 39.4 Å². The largest absolute Gasteiger partial charge is 0.493 e. The SMILES string of the molecule is COc1ccc(/C=C/CO[C@H]2O[C@H](CO)[C@H](O)[C@H](O)[C@H]2O)cc1OCc1ccccc1. The first-order valence-electron chi connectivity index (χ1n) is 9.97. The third-order valence-corrected chi connectivity index (χ3v) is 4.94. The van der Waals surface area contributed by atoms with E-state index < -0.39 is 37.3 Å². The first kappa shape index (κ1) is 23.2. The van der Waals surface area contributed by atoms with E-state index in [1.165, 1.54) is 0 Å². The van der Waals surface area contributed by atoms with Gasteiger partial charge in [0.2, 0.25) is 0 Å². The lowest BCUT2D eigenvalue weighted by Crippen LogP contribution is -2.59. The van der Waals surface area contributed by atoms with Crippen LogP contribution in [0.3, 0.4) is 0 Å². The van der Waals surface area contributed by atoms with Crippen molar-refractivity contribution in [3.8, 4) is 11.5 Å². The molecule has 1 heterocycles. The molecular weight excluding hydrogens is 404 g/mol. The standard InChI is InChI=1S/C23H28O8/c1-28-17-10-9-15(12-18(17)30-14-16-6-3-2-4-7-16)8-5-11-29-23-22(27)21(26)20(25)19(13-24)31-23/h2-10,12,19-27H,11,13-14H2,1H3/b8-5+/t19-,20+,21+,22-,23+/m1/s1. The summed E-state index contributed by atoms with van der Waals surface area (Å²) < 4.78 is 22.0. The Labute approximate surface area is 180 Å². The van der Waals surface area contributed by atoms with Gasteiger partial charge in [-0.05, 0) is 23.3 Å². The van der Waals surface area contributed by atoms with Crippen LogP contribution in [-0.4, -0.2) is 71.5 Å². The van der Waals surface area contributed by atoms with Gasteiger partial charge in [0.05, 0.1) is 20.3 Å². The van der Waals surface area contributed by atoms with Crippen molar-refractivity contribution in [2.75, 3.05) is 20.3 Å². The quantitative estimate of drug-likeness (QED) is 0.465. The van der Waals surface area contributed by atoms with Gasteiger partial charge < -0.3 is 39.4 Å². The molecule has 8 heteroatoms. The van der Waals surface area contributed by atoms with Crippen molar-refractivity contribution in [3.63, 3.8) is 0 Å². The molecule has 1 fully saturated rings. The molecule has 0 unspecified atom stereocenters. The first-order chi connectivity index (χ1) is 15.0. The molecule has 1 saturated heterocycles. The molecule has 4 N–H and O–H groups in total. The van der Waals surface area contributed by atoms with Crippen molar-refractivity contribution in [1.82, 2.24) is 0 Å².